The molecule has 12 heteroatoms. The van der Waals surface area contributed by atoms with Gasteiger partial charge in [0.1, 0.15) is 22.8 Å². The Kier molecular flexibility index (Phi) is 7.24. The summed E-state index contributed by atoms with van der Waals surface area (Å²) in [4.78, 5) is 48.4. The molecule has 0 aromatic carbocycles. The van der Waals surface area contributed by atoms with E-state index in [0.717, 1.165) is 38.8 Å². The number of nitrogens with one attached hydrogen (secondary N) is 3. The Morgan fingerprint density at radius 1 is 0.973 bits per heavy atom. The second-order valence-corrected chi connectivity index (χ2v) is 9.77. The van der Waals surface area contributed by atoms with Gasteiger partial charge in [-0.2, -0.15) is 0 Å². The van der Waals surface area contributed by atoms with Gasteiger partial charge in [0, 0.05) is 18.2 Å². The molecule has 3 aromatic heterocycles. The summed E-state index contributed by atoms with van der Waals surface area (Å²) in [5.41, 5.74) is 0.472. The van der Waals surface area contributed by atoms with Gasteiger partial charge in [-0.1, -0.05) is 11.6 Å². The summed E-state index contributed by atoms with van der Waals surface area (Å²) in [7, 11) is 0. The molecular weight excluding hydrogens is 500 g/mol. The van der Waals surface area contributed by atoms with Crippen molar-refractivity contribution in [1.82, 2.24) is 14.9 Å². The largest absolute Gasteiger partial charge is 0.465 e. The van der Waals surface area contributed by atoms with Crippen LogP contribution in [0.3, 0.4) is 0 Å². The molecular formula is C25H27ClN6O5. The lowest BCUT2D eigenvalue weighted by atomic mass is 9.85. The number of anilines is 3. The van der Waals surface area contributed by atoms with Crippen molar-refractivity contribution in [2.75, 3.05) is 29.0 Å². The second-order valence-electron chi connectivity index (χ2n) is 9.33. The molecule has 4 N–H and O–H groups in total. The van der Waals surface area contributed by atoms with Crippen molar-refractivity contribution in [3.05, 3.63) is 41.2 Å². The number of carbonyl (C=O) groups excluding carboxylic acids is 2. The molecule has 0 atom stereocenters. The molecule has 1 aliphatic heterocycles. The Labute approximate surface area is 217 Å². The molecule has 4 heterocycles. The van der Waals surface area contributed by atoms with Crippen LogP contribution >= 0.6 is 11.6 Å². The molecule has 194 valence electrons. The van der Waals surface area contributed by atoms with Crippen molar-refractivity contribution >= 4 is 57.9 Å². The van der Waals surface area contributed by atoms with Gasteiger partial charge in [-0.05, 0) is 75.9 Å². The van der Waals surface area contributed by atoms with Crippen LogP contribution in [0, 0.1) is 5.92 Å². The summed E-state index contributed by atoms with van der Waals surface area (Å²) in [6, 6.07) is 6.53. The third-order valence-electron chi connectivity index (χ3n) is 6.92. The fraction of sp³-hybridized carbons (Fsp3) is 0.400. The van der Waals surface area contributed by atoms with Crippen LogP contribution in [0.5, 0.6) is 0 Å². The number of nitrogens with zero attached hydrogens (tertiary/aromatic N) is 3. The Morgan fingerprint density at radius 2 is 1.70 bits per heavy atom. The molecule has 5 rings (SSSR count). The quantitative estimate of drug-likeness (QED) is 0.357. The van der Waals surface area contributed by atoms with E-state index in [1.807, 2.05) is 0 Å². The third-order valence-corrected chi connectivity index (χ3v) is 7.14. The molecule has 3 amide bonds. The summed E-state index contributed by atoms with van der Waals surface area (Å²) >= 11 is 5.87. The number of halogens is 1. The predicted octanol–water partition coefficient (Wildman–Crippen LogP) is 4.81. The Hall–Kier alpha value is -3.70. The molecule has 3 aromatic rings. The minimum absolute atomic E-state index is 0.0359. The van der Waals surface area contributed by atoms with E-state index < -0.39 is 12.0 Å². The van der Waals surface area contributed by atoms with Gasteiger partial charge in [0.05, 0.1) is 5.02 Å². The predicted molar refractivity (Wildman–Crippen MR) is 138 cm³/mol. The normalized spacial score (nSPS) is 20.0. The van der Waals surface area contributed by atoms with Gasteiger partial charge in [0.2, 0.25) is 11.7 Å². The molecule has 1 saturated heterocycles. The number of hydrogen-bond donors (Lipinski definition) is 4. The number of rotatable bonds is 6. The zero-order valence-electron chi connectivity index (χ0n) is 20.0. The van der Waals surface area contributed by atoms with Gasteiger partial charge in [0.25, 0.3) is 5.91 Å². The first kappa shape index (κ1) is 25.0. The fourth-order valence-electron chi connectivity index (χ4n) is 5.09. The highest BCUT2D eigenvalue weighted by Gasteiger charge is 2.32. The molecule has 0 radical (unpaired) electrons. The SMILES string of the molecule is O=C(O)Nc1ccc2oc(C(=O)Nc3ccc(Cl)cn3)c(NC(=O)C3CCC(N4CCCC4)CC3)c2n1. The first-order valence-electron chi connectivity index (χ1n) is 12.3. The number of hydrogen-bond acceptors (Lipinski definition) is 7. The van der Waals surface area contributed by atoms with E-state index >= 15 is 0 Å². The molecule has 0 spiro atoms. The summed E-state index contributed by atoms with van der Waals surface area (Å²) in [5.74, 6) is -0.959. The molecule has 1 aliphatic carbocycles. The highest BCUT2D eigenvalue weighted by Crippen LogP contribution is 2.34. The van der Waals surface area contributed by atoms with Crippen LogP contribution in [0.25, 0.3) is 11.1 Å². The van der Waals surface area contributed by atoms with Gasteiger partial charge in [-0.3, -0.25) is 14.9 Å². The van der Waals surface area contributed by atoms with Gasteiger partial charge < -0.3 is 25.1 Å². The minimum Gasteiger partial charge on any atom is -0.465 e. The maximum atomic E-state index is 13.3. The summed E-state index contributed by atoms with van der Waals surface area (Å²) in [6.45, 7) is 2.25. The summed E-state index contributed by atoms with van der Waals surface area (Å²) in [5, 5.41) is 17.2. The minimum atomic E-state index is -1.29. The number of fused-ring (bicyclic) bond motifs is 1. The van der Waals surface area contributed by atoms with Crippen LogP contribution in [-0.4, -0.2) is 57.0 Å². The van der Waals surface area contributed by atoms with Crippen molar-refractivity contribution in [1.29, 1.82) is 0 Å². The molecule has 11 nitrogen and oxygen atoms in total. The number of carbonyl (C=O) groups is 3. The first-order chi connectivity index (χ1) is 17.9. The second kappa shape index (κ2) is 10.7. The molecule has 37 heavy (non-hydrogen) atoms. The number of likely N-dealkylation sites (tertiary alicyclic amines) is 1. The van der Waals surface area contributed by atoms with Crippen molar-refractivity contribution < 1.29 is 23.9 Å². The number of carboxylic acid groups (broad SMARTS) is 1. The van der Waals surface area contributed by atoms with Gasteiger partial charge in [-0.25, -0.2) is 14.8 Å². The zero-order chi connectivity index (χ0) is 25.9. The molecule has 2 aliphatic rings. The Bertz CT molecular complexity index is 1310. The molecule has 0 unspecified atom stereocenters. The highest BCUT2D eigenvalue weighted by atomic mass is 35.5. The van der Waals surface area contributed by atoms with Crippen LogP contribution in [0.2, 0.25) is 5.02 Å². The van der Waals surface area contributed by atoms with Gasteiger partial charge in [0.15, 0.2) is 5.58 Å². The lowest BCUT2D eigenvalue weighted by Crippen LogP contribution is -2.38. The number of aromatic nitrogens is 2. The van der Waals surface area contributed by atoms with Crippen LogP contribution in [0.1, 0.15) is 49.1 Å². The van der Waals surface area contributed by atoms with Crippen molar-refractivity contribution in [2.45, 2.75) is 44.6 Å². The van der Waals surface area contributed by atoms with E-state index in [1.165, 1.54) is 37.2 Å². The smallest absolute Gasteiger partial charge is 0.410 e. The van der Waals surface area contributed by atoms with E-state index in [9.17, 15) is 14.4 Å². The Balaban J connectivity index is 1.39. The maximum absolute atomic E-state index is 13.3. The van der Waals surface area contributed by atoms with Crippen molar-refractivity contribution in [3.8, 4) is 0 Å². The lowest BCUT2D eigenvalue weighted by Gasteiger charge is -2.33. The Morgan fingerprint density at radius 3 is 2.38 bits per heavy atom. The molecule has 2 fully saturated rings. The van der Waals surface area contributed by atoms with E-state index in [-0.39, 0.29) is 46.0 Å². The third kappa shape index (κ3) is 5.67. The number of furan rings is 1. The van der Waals surface area contributed by atoms with Crippen LogP contribution in [-0.2, 0) is 4.79 Å². The summed E-state index contributed by atoms with van der Waals surface area (Å²) in [6.07, 6.45) is 5.96. The van der Waals surface area contributed by atoms with E-state index in [0.29, 0.717) is 11.1 Å². The van der Waals surface area contributed by atoms with Crippen LogP contribution in [0.15, 0.2) is 34.9 Å². The van der Waals surface area contributed by atoms with E-state index in [4.69, 9.17) is 21.1 Å². The lowest BCUT2D eigenvalue weighted by molar-refractivity contribution is -0.121. The van der Waals surface area contributed by atoms with Crippen LogP contribution < -0.4 is 16.0 Å². The number of amides is 3. The fourth-order valence-corrected chi connectivity index (χ4v) is 5.20. The molecule has 0 bridgehead atoms. The maximum Gasteiger partial charge on any atom is 0.410 e. The van der Waals surface area contributed by atoms with Gasteiger partial charge >= 0.3 is 6.09 Å². The average Bonchev–Trinajstić information content (AvgIpc) is 3.54. The summed E-state index contributed by atoms with van der Waals surface area (Å²) < 4.78 is 5.76. The topological polar surface area (TPSA) is 150 Å². The van der Waals surface area contributed by atoms with E-state index in [2.05, 4.69) is 30.8 Å². The standard InChI is InChI=1S/C25H27ClN6O5/c26-15-5-9-18(27-13-15)29-24(34)22-21(20-17(37-22)8-10-19(28-20)30-25(35)36)31-23(33)14-3-6-16(7-4-14)32-11-1-2-12-32/h5,8-10,13-14,16H,1-4,6-7,11-12H2,(H,28,30)(H,31,33)(H,35,36)(H,27,29,34). The zero-order valence-corrected chi connectivity index (χ0v) is 20.8. The highest BCUT2D eigenvalue weighted by molar-refractivity contribution is 6.30. The first-order valence-corrected chi connectivity index (χ1v) is 12.7. The van der Waals surface area contributed by atoms with Crippen LogP contribution in [0.4, 0.5) is 22.1 Å². The van der Waals surface area contributed by atoms with Crippen molar-refractivity contribution in [3.63, 3.8) is 0 Å². The average molecular weight is 527 g/mol. The molecule has 1 saturated carbocycles. The van der Waals surface area contributed by atoms with E-state index in [1.54, 1.807) is 6.07 Å². The van der Waals surface area contributed by atoms with Crippen molar-refractivity contribution in [2.24, 2.45) is 5.92 Å². The van der Waals surface area contributed by atoms with Gasteiger partial charge in [-0.15, -0.1) is 0 Å². The number of pyridine rings is 2. The monoisotopic (exact) mass is 526 g/mol.